The van der Waals surface area contributed by atoms with Crippen LogP contribution in [0.25, 0.3) is 0 Å². The van der Waals surface area contributed by atoms with Crippen molar-refractivity contribution in [3.8, 4) is 5.75 Å². The second-order valence-corrected chi connectivity index (χ2v) is 5.31. The highest BCUT2D eigenvalue weighted by Crippen LogP contribution is 2.12. The Morgan fingerprint density at radius 2 is 1.89 bits per heavy atom. The zero-order valence-corrected chi connectivity index (χ0v) is 12.8. The number of benzene rings is 1. The summed E-state index contributed by atoms with van der Waals surface area (Å²) in [7, 11) is 1.96. The van der Waals surface area contributed by atoms with Gasteiger partial charge < -0.3 is 10.1 Å². The lowest BCUT2D eigenvalue weighted by molar-refractivity contribution is 0.200. The van der Waals surface area contributed by atoms with Crippen LogP contribution in [0.5, 0.6) is 5.75 Å². The Bertz CT molecular complexity index is 335. The first-order chi connectivity index (χ1) is 9.15. The molecule has 1 rings (SSSR count). The van der Waals surface area contributed by atoms with E-state index in [-0.39, 0.29) is 0 Å². The maximum atomic E-state index is 5.79. The summed E-state index contributed by atoms with van der Waals surface area (Å²) in [6.45, 7) is 11.6. The minimum atomic E-state index is 0.709. The third-order valence-electron chi connectivity index (χ3n) is 3.05. The molecule has 0 aliphatic heterocycles. The Labute approximate surface area is 118 Å². The molecule has 0 atom stereocenters. The molecule has 0 spiro atoms. The molecule has 0 amide bonds. The van der Waals surface area contributed by atoms with Crippen molar-refractivity contribution < 1.29 is 4.74 Å². The molecule has 0 bridgehead atoms. The summed E-state index contributed by atoms with van der Waals surface area (Å²) in [6, 6.07) is 8.31. The van der Waals surface area contributed by atoms with Gasteiger partial charge in [-0.05, 0) is 37.2 Å². The summed E-state index contributed by atoms with van der Waals surface area (Å²) in [6.07, 6.45) is 0. The SMILES string of the molecule is CCN(CCOc1ccc(CNC)cc1)CC(C)C. The van der Waals surface area contributed by atoms with E-state index in [0.717, 1.165) is 38.5 Å². The Morgan fingerprint density at radius 1 is 1.21 bits per heavy atom. The van der Waals surface area contributed by atoms with Gasteiger partial charge in [-0.3, -0.25) is 4.90 Å². The lowest BCUT2D eigenvalue weighted by Crippen LogP contribution is -2.31. The van der Waals surface area contributed by atoms with Gasteiger partial charge in [0.25, 0.3) is 0 Å². The summed E-state index contributed by atoms with van der Waals surface area (Å²) in [4.78, 5) is 2.43. The topological polar surface area (TPSA) is 24.5 Å². The van der Waals surface area contributed by atoms with Gasteiger partial charge in [-0.1, -0.05) is 32.9 Å². The van der Waals surface area contributed by atoms with Crippen molar-refractivity contribution in [2.45, 2.75) is 27.3 Å². The van der Waals surface area contributed by atoms with Gasteiger partial charge in [0.1, 0.15) is 12.4 Å². The number of nitrogens with zero attached hydrogens (tertiary/aromatic N) is 1. The molecule has 0 saturated carbocycles. The van der Waals surface area contributed by atoms with Gasteiger partial charge >= 0.3 is 0 Å². The van der Waals surface area contributed by atoms with Gasteiger partial charge in [0.05, 0.1) is 0 Å². The quantitative estimate of drug-likeness (QED) is 0.742. The van der Waals surface area contributed by atoms with Crippen molar-refractivity contribution in [2.24, 2.45) is 5.92 Å². The molecule has 0 aromatic heterocycles. The van der Waals surface area contributed by atoms with Crippen LogP contribution in [0.1, 0.15) is 26.3 Å². The molecule has 0 heterocycles. The number of nitrogens with one attached hydrogen (secondary N) is 1. The van der Waals surface area contributed by atoms with E-state index in [4.69, 9.17) is 4.74 Å². The molecule has 1 aromatic rings. The van der Waals surface area contributed by atoms with Gasteiger partial charge in [0.2, 0.25) is 0 Å². The van der Waals surface area contributed by atoms with Crippen LogP contribution < -0.4 is 10.1 Å². The summed E-state index contributed by atoms with van der Waals surface area (Å²) in [5.74, 6) is 1.67. The average molecular weight is 264 g/mol. The molecule has 3 nitrogen and oxygen atoms in total. The predicted octanol–water partition coefficient (Wildman–Crippen LogP) is 2.76. The van der Waals surface area contributed by atoms with E-state index in [1.807, 2.05) is 19.2 Å². The zero-order chi connectivity index (χ0) is 14.1. The van der Waals surface area contributed by atoms with Gasteiger partial charge in [0, 0.05) is 19.6 Å². The van der Waals surface area contributed by atoms with Gasteiger partial charge in [-0.15, -0.1) is 0 Å². The molecule has 1 N–H and O–H groups in total. The molecule has 108 valence electrons. The highest BCUT2D eigenvalue weighted by atomic mass is 16.5. The summed E-state index contributed by atoms with van der Waals surface area (Å²) >= 11 is 0. The van der Waals surface area contributed by atoms with E-state index in [2.05, 4.69) is 43.1 Å². The number of hydrogen-bond acceptors (Lipinski definition) is 3. The van der Waals surface area contributed by atoms with Crippen molar-refractivity contribution >= 4 is 0 Å². The summed E-state index contributed by atoms with van der Waals surface area (Å²) < 4.78 is 5.79. The van der Waals surface area contributed by atoms with Crippen LogP contribution >= 0.6 is 0 Å². The predicted molar refractivity (Wildman–Crippen MR) is 81.7 cm³/mol. The van der Waals surface area contributed by atoms with Gasteiger partial charge in [-0.2, -0.15) is 0 Å². The zero-order valence-electron chi connectivity index (χ0n) is 12.8. The minimum absolute atomic E-state index is 0.709. The Kier molecular flexibility index (Phi) is 7.53. The number of hydrogen-bond donors (Lipinski definition) is 1. The van der Waals surface area contributed by atoms with Crippen molar-refractivity contribution in [3.05, 3.63) is 29.8 Å². The first kappa shape index (κ1) is 16.0. The van der Waals surface area contributed by atoms with Crippen LogP contribution in [-0.2, 0) is 6.54 Å². The molecule has 0 radical (unpaired) electrons. The smallest absolute Gasteiger partial charge is 0.119 e. The van der Waals surface area contributed by atoms with E-state index in [1.54, 1.807) is 0 Å². The second kappa shape index (κ2) is 8.94. The molecule has 0 aliphatic rings. The fraction of sp³-hybridized carbons (Fsp3) is 0.625. The third-order valence-corrected chi connectivity index (χ3v) is 3.05. The Hall–Kier alpha value is -1.06. The van der Waals surface area contributed by atoms with Gasteiger partial charge in [-0.25, -0.2) is 0 Å². The van der Waals surface area contributed by atoms with E-state index in [9.17, 15) is 0 Å². The average Bonchev–Trinajstić information content (AvgIpc) is 2.39. The molecular formula is C16H28N2O. The maximum Gasteiger partial charge on any atom is 0.119 e. The van der Waals surface area contributed by atoms with Crippen molar-refractivity contribution in [1.82, 2.24) is 10.2 Å². The van der Waals surface area contributed by atoms with Crippen molar-refractivity contribution in [3.63, 3.8) is 0 Å². The molecule has 19 heavy (non-hydrogen) atoms. The van der Waals surface area contributed by atoms with Crippen LogP contribution in [0, 0.1) is 5.92 Å². The molecular weight excluding hydrogens is 236 g/mol. The monoisotopic (exact) mass is 264 g/mol. The maximum absolute atomic E-state index is 5.79. The third kappa shape index (κ3) is 6.60. The fourth-order valence-corrected chi connectivity index (χ4v) is 2.10. The van der Waals surface area contributed by atoms with Crippen LogP contribution in [0.15, 0.2) is 24.3 Å². The van der Waals surface area contributed by atoms with Crippen LogP contribution in [0.2, 0.25) is 0 Å². The highest BCUT2D eigenvalue weighted by Gasteiger charge is 2.05. The summed E-state index contributed by atoms with van der Waals surface area (Å²) in [5.41, 5.74) is 1.28. The van der Waals surface area contributed by atoms with Crippen molar-refractivity contribution in [1.29, 1.82) is 0 Å². The Balaban J connectivity index is 2.31. The minimum Gasteiger partial charge on any atom is -0.492 e. The van der Waals surface area contributed by atoms with E-state index in [0.29, 0.717) is 5.92 Å². The number of rotatable bonds is 9. The fourth-order valence-electron chi connectivity index (χ4n) is 2.10. The molecule has 1 aromatic carbocycles. The normalized spacial score (nSPS) is 11.3. The van der Waals surface area contributed by atoms with E-state index < -0.39 is 0 Å². The standard InChI is InChI=1S/C16H28N2O/c1-5-18(13-14(2)3)10-11-19-16-8-6-15(7-9-16)12-17-4/h6-9,14,17H,5,10-13H2,1-4H3. The van der Waals surface area contributed by atoms with E-state index >= 15 is 0 Å². The number of ether oxygens (including phenoxy) is 1. The van der Waals surface area contributed by atoms with Crippen LogP contribution in [-0.4, -0.2) is 38.2 Å². The van der Waals surface area contributed by atoms with Crippen LogP contribution in [0.4, 0.5) is 0 Å². The molecule has 0 aliphatic carbocycles. The lowest BCUT2D eigenvalue weighted by atomic mass is 10.2. The van der Waals surface area contributed by atoms with E-state index in [1.165, 1.54) is 5.56 Å². The molecule has 0 saturated heterocycles. The number of likely N-dealkylation sites (N-methyl/N-ethyl adjacent to an activating group) is 1. The van der Waals surface area contributed by atoms with Crippen LogP contribution in [0.3, 0.4) is 0 Å². The first-order valence-electron chi connectivity index (χ1n) is 7.24. The summed E-state index contributed by atoms with van der Waals surface area (Å²) in [5, 5.41) is 3.14. The van der Waals surface area contributed by atoms with Crippen molar-refractivity contribution in [2.75, 3.05) is 33.3 Å². The first-order valence-corrected chi connectivity index (χ1v) is 7.24. The molecule has 0 unspecified atom stereocenters. The highest BCUT2D eigenvalue weighted by molar-refractivity contribution is 5.27. The van der Waals surface area contributed by atoms with Gasteiger partial charge in [0.15, 0.2) is 0 Å². The molecule has 0 fully saturated rings. The largest absolute Gasteiger partial charge is 0.492 e. The Morgan fingerprint density at radius 3 is 2.42 bits per heavy atom. The second-order valence-electron chi connectivity index (χ2n) is 5.31. The molecule has 3 heteroatoms. The lowest BCUT2D eigenvalue weighted by Gasteiger charge is -2.22.